The van der Waals surface area contributed by atoms with Gasteiger partial charge in [0.15, 0.2) is 0 Å². The number of benzene rings is 1. The van der Waals surface area contributed by atoms with E-state index in [1.165, 1.54) is 7.11 Å². The first-order chi connectivity index (χ1) is 7.65. The van der Waals surface area contributed by atoms with Crippen LogP contribution in [0.4, 0.5) is 0 Å². The van der Waals surface area contributed by atoms with Gasteiger partial charge in [0, 0.05) is 0 Å². The Bertz CT molecular complexity index is 410. The van der Waals surface area contributed by atoms with Crippen LogP contribution in [-0.2, 0) is 9.53 Å². The summed E-state index contributed by atoms with van der Waals surface area (Å²) < 4.78 is 4.76. The van der Waals surface area contributed by atoms with Crippen molar-refractivity contribution in [3.63, 3.8) is 0 Å². The van der Waals surface area contributed by atoms with E-state index in [1.54, 1.807) is 6.08 Å². The molecule has 0 unspecified atom stereocenters. The molecule has 0 atom stereocenters. The van der Waals surface area contributed by atoms with Crippen LogP contribution in [0.25, 0.3) is 5.57 Å². The van der Waals surface area contributed by atoms with Crippen LogP contribution in [0.1, 0.15) is 19.4 Å². The molecule has 0 amide bonds. The van der Waals surface area contributed by atoms with Crippen molar-refractivity contribution in [2.24, 2.45) is 0 Å². The Labute approximate surface area is 96.2 Å². The molecule has 0 saturated carbocycles. The summed E-state index contributed by atoms with van der Waals surface area (Å²) in [4.78, 5) is 11.6. The minimum absolute atomic E-state index is 0.316. The Morgan fingerprint density at radius 2 is 1.75 bits per heavy atom. The van der Waals surface area contributed by atoms with Gasteiger partial charge in [-0.2, -0.15) is 0 Å². The van der Waals surface area contributed by atoms with E-state index in [-0.39, 0.29) is 5.97 Å². The lowest BCUT2D eigenvalue weighted by atomic mass is 10.1. The number of methoxy groups -OCH3 is 1. The summed E-state index contributed by atoms with van der Waals surface area (Å²) >= 11 is 0. The molecule has 2 nitrogen and oxygen atoms in total. The smallest absolute Gasteiger partial charge is 0.338 e. The van der Waals surface area contributed by atoms with Gasteiger partial charge in [-0.05, 0) is 25.5 Å². The second-order valence-corrected chi connectivity index (χ2v) is 3.68. The SMILES string of the molecule is COC(=O)/C(=C/C=C(C)C)c1ccccc1. The van der Waals surface area contributed by atoms with Crippen LogP contribution in [0.15, 0.2) is 48.1 Å². The molecule has 1 aromatic carbocycles. The van der Waals surface area contributed by atoms with E-state index in [0.29, 0.717) is 5.57 Å². The van der Waals surface area contributed by atoms with Crippen LogP contribution < -0.4 is 0 Å². The highest BCUT2D eigenvalue weighted by Gasteiger charge is 2.10. The monoisotopic (exact) mass is 216 g/mol. The van der Waals surface area contributed by atoms with Crippen LogP contribution >= 0.6 is 0 Å². The maximum atomic E-state index is 11.6. The standard InChI is InChI=1S/C14H16O2/c1-11(2)9-10-13(14(15)16-3)12-7-5-4-6-8-12/h4-10H,1-3H3/b13-10+. The van der Waals surface area contributed by atoms with Crippen molar-refractivity contribution >= 4 is 11.5 Å². The van der Waals surface area contributed by atoms with Crippen LogP contribution in [0.3, 0.4) is 0 Å². The first-order valence-electron chi connectivity index (χ1n) is 5.14. The molecule has 16 heavy (non-hydrogen) atoms. The topological polar surface area (TPSA) is 26.3 Å². The largest absolute Gasteiger partial charge is 0.465 e. The van der Waals surface area contributed by atoms with E-state index in [2.05, 4.69) is 0 Å². The number of allylic oxidation sites excluding steroid dienone is 3. The summed E-state index contributed by atoms with van der Waals surface area (Å²) in [5.41, 5.74) is 2.58. The van der Waals surface area contributed by atoms with Gasteiger partial charge >= 0.3 is 5.97 Å². The maximum absolute atomic E-state index is 11.6. The van der Waals surface area contributed by atoms with Gasteiger partial charge in [-0.25, -0.2) is 4.79 Å². The fourth-order valence-corrected chi connectivity index (χ4v) is 1.26. The third-order valence-electron chi connectivity index (χ3n) is 2.07. The predicted octanol–water partition coefficient (Wildman–Crippen LogP) is 3.21. The number of carbonyl (C=O) groups excluding carboxylic acids is 1. The second kappa shape index (κ2) is 5.91. The molecule has 0 spiro atoms. The fourth-order valence-electron chi connectivity index (χ4n) is 1.26. The predicted molar refractivity (Wildman–Crippen MR) is 65.9 cm³/mol. The molecule has 0 bridgehead atoms. The zero-order valence-corrected chi connectivity index (χ0v) is 9.86. The summed E-state index contributed by atoms with van der Waals surface area (Å²) in [6.07, 6.45) is 3.69. The number of hydrogen-bond acceptors (Lipinski definition) is 2. The van der Waals surface area contributed by atoms with Crippen molar-refractivity contribution in [2.75, 3.05) is 7.11 Å². The fraction of sp³-hybridized carbons (Fsp3) is 0.214. The first kappa shape index (κ1) is 12.2. The van der Waals surface area contributed by atoms with Crippen molar-refractivity contribution in [2.45, 2.75) is 13.8 Å². The van der Waals surface area contributed by atoms with Crippen molar-refractivity contribution in [1.29, 1.82) is 0 Å². The molecule has 0 radical (unpaired) electrons. The summed E-state index contributed by atoms with van der Waals surface area (Å²) in [7, 11) is 1.39. The Hall–Kier alpha value is -1.83. The van der Waals surface area contributed by atoms with Crippen molar-refractivity contribution < 1.29 is 9.53 Å². The molecule has 0 heterocycles. The van der Waals surface area contributed by atoms with E-state index < -0.39 is 0 Å². The third-order valence-corrected chi connectivity index (χ3v) is 2.07. The number of rotatable bonds is 3. The normalized spacial score (nSPS) is 10.8. The summed E-state index contributed by atoms with van der Waals surface area (Å²) in [5.74, 6) is -0.316. The van der Waals surface area contributed by atoms with Crippen LogP contribution in [-0.4, -0.2) is 13.1 Å². The molecule has 0 saturated heterocycles. The lowest BCUT2D eigenvalue weighted by Crippen LogP contribution is -2.03. The number of ether oxygens (including phenoxy) is 1. The first-order valence-corrected chi connectivity index (χ1v) is 5.14. The average Bonchev–Trinajstić information content (AvgIpc) is 2.30. The number of carbonyl (C=O) groups is 1. The van der Waals surface area contributed by atoms with Gasteiger partial charge < -0.3 is 4.74 Å². The minimum Gasteiger partial charge on any atom is -0.465 e. The van der Waals surface area contributed by atoms with Gasteiger partial charge in [0.2, 0.25) is 0 Å². The molecule has 0 aliphatic carbocycles. The number of hydrogen-bond donors (Lipinski definition) is 0. The molecule has 2 heteroatoms. The van der Waals surface area contributed by atoms with Gasteiger partial charge in [-0.15, -0.1) is 0 Å². The van der Waals surface area contributed by atoms with Crippen molar-refractivity contribution in [1.82, 2.24) is 0 Å². The van der Waals surface area contributed by atoms with Gasteiger partial charge in [0.05, 0.1) is 12.7 Å². The lowest BCUT2D eigenvalue weighted by molar-refractivity contribution is -0.133. The van der Waals surface area contributed by atoms with Crippen molar-refractivity contribution in [3.8, 4) is 0 Å². The summed E-state index contributed by atoms with van der Waals surface area (Å²) in [6.45, 7) is 3.97. The van der Waals surface area contributed by atoms with Gasteiger partial charge in [0.1, 0.15) is 0 Å². The zero-order valence-electron chi connectivity index (χ0n) is 9.86. The molecular weight excluding hydrogens is 200 g/mol. The summed E-state index contributed by atoms with van der Waals surface area (Å²) in [6, 6.07) is 9.49. The van der Waals surface area contributed by atoms with Crippen LogP contribution in [0, 0.1) is 0 Å². The van der Waals surface area contributed by atoms with E-state index in [1.807, 2.05) is 50.3 Å². The lowest BCUT2D eigenvalue weighted by Gasteiger charge is -2.04. The average molecular weight is 216 g/mol. The van der Waals surface area contributed by atoms with E-state index in [9.17, 15) is 4.79 Å². The van der Waals surface area contributed by atoms with Crippen LogP contribution in [0.5, 0.6) is 0 Å². The van der Waals surface area contributed by atoms with Crippen molar-refractivity contribution in [3.05, 3.63) is 53.6 Å². The minimum atomic E-state index is -0.316. The summed E-state index contributed by atoms with van der Waals surface area (Å²) in [5, 5.41) is 0. The zero-order chi connectivity index (χ0) is 12.0. The highest BCUT2D eigenvalue weighted by Crippen LogP contribution is 2.16. The Balaban J connectivity index is 3.12. The molecule has 0 aliphatic rings. The van der Waals surface area contributed by atoms with Gasteiger partial charge in [-0.1, -0.05) is 42.0 Å². The van der Waals surface area contributed by atoms with Gasteiger partial charge in [0.25, 0.3) is 0 Å². The molecule has 84 valence electrons. The highest BCUT2D eigenvalue weighted by atomic mass is 16.5. The quantitative estimate of drug-likeness (QED) is 0.440. The second-order valence-electron chi connectivity index (χ2n) is 3.68. The Morgan fingerprint density at radius 1 is 1.12 bits per heavy atom. The number of esters is 1. The Morgan fingerprint density at radius 3 is 2.25 bits per heavy atom. The van der Waals surface area contributed by atoms with E-state index in [0.717, 1.165) is 11.1 Å². The molecule has 0 aliphatic heterocycles. The van der Waals surface area contributed by atoms with Gasteiger partial charge in [-0.3, -0.25) is 0 Å². The highest BCUT2D eigenvalue weighted by molar-refractivity contribution is 6.16. The van der Waals surface area contributed by atoms with E-state index >= 15 is 0 Å². The third kappa shape index (κ3) is 3.39. The molecule has 0 aromatic heterocycles. The molecule has 1 aromatic rings. The Kier molecular flexibility index (Phi) is 4.52. The molecule has 0 N–H and O–H groups in total. The van der Waals surface area contributed by atoms with Crippen LogP contribution in [0.2, 0.25) is 0 Å². The molecular formula is C14H16O2. The molecule has 0 fully saturated rings. The molecule has 1 rings (SSSR count). The van der Waals surface area contributed by atoms with E-state index in [4.69, 9.17) is 4.74 Å². The maximum Gasteiger partial charge on any atom is 0.338 e.